The zero-order valence-corrected chi connectivity index (χ0v) is 19.1. The Labute approximate surface area is 196 Å². The predicted octanol–water partition coefficient (Wildman–Crippen LogP) is 4.17. The van der Waals surface area contributed by atoms with E-state index in [2.05, 4.69) is 16.0 Å². The summed E-state index contributed by atoms with van der Waals surface area (Å²) in [7, 11) is 0. The largest absolute Gasteiger partial charge is 0.351 e. The van der Waals surface area contributed by atoms with Gasteiger partial charge in [-0.3, -0.25) is 9.78 Å². The van der Waals surface area contributed by atoms with Crippen LogP contribution in [0.1, 0.15) is 19.5 Å². The number of nitriles is 1. The molecule has 168 valence electrons. The Hall–Kier alpha value is -3.57. The molecule has 0 spiro atoms. The van der Waals surface area contributed by atoms with Crippen LogP contribution in [0.2, 0.25) is 5.02 Å². The fraction of sp³-hybridized carbons (Fsp3) is 0.292. The minimum atomic E-state index is -0.374. The Morgan fingerprint density at radius 3 is 2.39 bits per heavy atom. The normalized spacial score (nSPS) is 13.8. The molecular formula is C24H22ClFN6O. The van der Waals surface area contributed by atoms with Crippen molar-refractivity contribution in [1.29, 1.82) is 5.26 Å². The summed E-state index contributed by atoms with van der Waals surface area (Å²) < 4.78 is 13.5. The average molecular weight is 465 g/mol. The monoisotopic (exact) mass is 464 g/mol. The topological polar surface area (TPSA) is 86.0 Å². The highest BCUT2D eigenvalue weighted by molar-refractivity contribution is 6.33. The van der Waals surface area contributed by atoms with Gasteiger partial charge in [0.15, 0.2) is 11.5 Å². The molecule has 2 aromatic heterocycles. The maximum Gasteiger partial charge on any atom is 0.225 e. The Morgan fingerprint density at radius 2 is 1.79 bits per heavy atom. The molecule has 0 radical (unpaired) electrons. The number of hydrogen-bond donors (Lipinski definition) is 0. The molecule has 9 heteroatoms. The lowest BCUT2D eigenvalue weighted by molar-refractivity contribution is -0.134. The van der Waals surface area contributed by atoms with E-state index in [0.29, 0.717) is 59.5 Å². The number of aromatic nitrogens is 3. The maximum absolute atomic E-state index is 13.5. The van der Waals surface area contributed by atoms with Gasteiger partial charge in [-0.25, -0.2) is 14.4 Å². The Bertz CT molecular complexity index is 1220. The van der Waals surface area contributed by atoms with Crippen LogP contribution in [-0.2, 0) is 4.79 Å². The SMILES string of the molecule is CC(C)C(=O)N1CCN(c2nc(-c3ccncc3Cl)c(-c3ccc(F)cc3)nc2C#N)CC1. The van der Waals surface area contributed by atoms with Crippen LogP contribution in [0.15, 0.2) is 42.7 Å². The number of benzene rings is 1. The molecule has 1 fully saturated rings. The van der Waals surface area contributed by atoms with Crippen molar-refractivity contribution >= 4 is 23.3 Å². The van der Waals surface area contributed by atoms with Crippen molar-refractivity contribution in [3.05, 3.63) is 59.3 Å². The molecule has 1 aliphatic rings. The van der Waals surface area contributed by atoms with E-state index in [-0.39, 0.29) is 23.3 Å². The smallest absolute Gasteiger partial charge is 0.225 e. The summed E-state index contributed by atoms with van der Waals surface area (Å²) in [5.74, 6) is 0.0997. The van der Waals surface area contributed by atoms with Gasteiger partial charge < -0.3 is 9.80 Å². The number of hydrogen-bond acceptors (Lipinski definition) is 6. The van der Waals surface area contributed by atoms with Crippen LogP contribution in [0.5, 0.6) is 0 Å². The summed E-state index contributed by atoms with van der Waals surface area (Å²) in [6.07, 6.45) is 3.12. The second-order valence-electron chi connectivity index (χ2n) is 8.03. The minimum absolute atomic E-state index is 0.0681. The first-order chi connectivity index (χ1) is 15.9. The second kappa shape index (κ2) is 9.51. The highest BCUT2D eigenvalue weighted by Gasteiger charge is 2.27. The lowest BCUT2D eigenvalue weighted by Crippen LogP contribution is -2.50. The van der Waals surface area contributed by atoms with Gasteiger partial charge in [-0.05, 0) is 30.3 Å². The van der Waals surface area contributed by atoms with Crippen LogP contribution < -0.4 is 4.90 Å². The van der Waals surface area contributed by atoms with Gasteiger partial charge in [0, 0.05) is 55.6 Å². The Morgan fingerprint density at radius 1 is 1.09 bits per heavy atom. The van der Waals surface area contributed by atoms with Crippen LogP contribution in [0.3, 0.4) is 0 Å². The first kappa shape index (κ1) is 22.6. The predicted molar refractivity (Wildman–Crippen MR) is 124 cm³/mol. The zero-order chi connectivity index (χ0) is 23.5. The first-order valence-electron chi connectivity index (χ1n) is 10.6. The number of anilines is 1. The number of carbonyl (C=O) groups is 1. The summed E-state index contributed by atoms with van der Waals surface area (Å²) in [6.45, 7) is 5.89. The molecule has 0 aliphatic carbocycles. The van der Waals surface area contributed by atoms with Gasteiger partial charge in [0.1, 0.15) is 17.6 Å². The zero-order valence-electron chi connectivity index (χ0n) is 18.3. The van der Waals surface area contributed by atoms with Crippen LogP contribution >= 0.6 is 11.6 Å². The molecule has 0 saturated carbocycles. The van der Waals surface area contributed by atoms with Crippen molar-refractivity contribution in [2.75, 3.05) is 31.1 Å². The van der Waals surface area contributed by atoms with E-state index in [0.717, 1.165) is 0 Å². The third-order valence-electron chi connectivity index (χ3n) is 5.51. The molecule has 0 bridgehead atoms. The third kappa shape index (κ3) is 4.64. The summed E-state index contributed by atoms with van der Waals surface area (Å²) in [4.78, 5) is 29.6. The summed E-state index contributed by atoms with van der Waals surface area (Å²) in [5.41, 5.74) is 2.28. The lowest BCUT2D eigenvalue weighted by atomic mass is 10.0. The van der Waals surface area contributed by atoms with E-state index in [1.165, 1.54) is 18.3 Å². The fourth-order valence-electron chi connectivity index (χ4n) is 3.79. The number of carbonyl (C=O) groups excluding carboxylic acids is 1. The van der Waals surface area contributed by atoms with Gasteiger partial charge in [0.25, 0.3) is 0 Å². The quantitative estimate of drug-likeness (QED) is 0.576. The second-order valence-corrected chi connectivity index (χ2v) is 8.44. The number of nitrogens with zero attached hydrogens (tertiary/aromatic N) is 6. The molecule has 7 nitrogen and oxygen atoms in total. The lowest BCUT2D eigenvalue weighted by Gasteiger charge is -2.36. The van der Waals surface area contributed by atoms with Gasteiger partial charge in [0.05, 0.1) is 10.7 Å². The van der Waals surface area contributed by atoms with Gasteiger partial charge in [-0.1, -0.05) is 25.4 Å². The van der Waals surface area contributed by atoms with E-state index in [4.69, 9.17) is 16.6 Å². The van der Waals surface area contributed by atoms with E-state index < -0.39 is 0 Å². The van der Waals surface area contributed by atoms with Gasteiger partial charge in [-0.2, -0.15) is 5.26 Å². The van der Waals surface area contributed by atoms with Crippen molar-refractivity contribution in [1.82, 2.24) is 19.9 Å². The fourth-order valence-corrected chi connectivity index (χ4v) is 4.00. The number of pyridine rings is 1. The Balaban J connectivity index is 1.79. The van der Waals surface area contributed by atoms with Crippen molar-refractivity contribution < 1.29 is 9.18 Å². The van der Waals surface area contributed by atoms with E-state index >= 15 is 0 Å². The van der Waals surface area contributed by atoms with Crippen LogP contribution in [0, 0.1) is 23.1 Å². The van der Waals surface area contributed by atoms with Crippen molar-refractivity contribution in [3.63, 3.8) is 0 Å². The van der Waals surface area contributed by atoms with Crippen LogP contribution in [0.4, 0.5) is 10.2 Å². The van der Waals surface area contributed by atoms with Crippen molar-refractivity contribution in [3.8, 4) is 28.6 Å². The van der Waals surface area contributed by atoms with E-state index in [1.54, 1.807) is 24.4 Å². The molecule has 3 aromatic rings. The minimum Gasteiger partial charge on any atom is -0.351 e. The summed E-state index contributed by atoms with van der Waals surface area (Å²) in [5, 5.41) is 10.2. The first-order valence-corrected chi connectivity index (χ1v) is 11.0. The van der Waals surface area contributed by atoms with Gasteiger partial charge in [0.2, 0.25) is 5.91 Å². The summed E-state index contributed by atoms with van der Waals surface area (Å²) in [6, 6.07) is 9.73. The molecule has 3 heterocycles. The molecule has 1 saturated heterocycles. The highest BCUT2D eigenvalue weighted by atomic mass is 35.5. The average Bonchev–Trinajstić information content (AvgIpc) is 2.84. The molecule has 33 heavy (non-hydrogen) atoms. The van der Waals surface area contributed by atoms with Gasteiger partial charge in [-0.15, -0.1) is 0 Å². The Kier molecular flexibility index (Phi) is 6.52. The van der Waals surface area contributed by atoms with Gasteiger partial charge >= 0.3 is 0 Å². The standard InChI is InChI=1S/C24H22ClFN6O/c1-15(2)24(33)32-11-9-31(10-12-32)23-20(13-27)29-21(16-3-5-17(26)6-4-16)22(30-23)18-7-8-28-14-19(18)25/h3-8,14-15H,9-12H2,1-2H3. The molecule has 0 atom stereocenters. The van der Waals surface area contributed by atoms with Crippen LogP contribution in [-0.4, -0.2) is 51.9 Å². The molecule has 4 rings (SSSR count). The highest BCUT2D eigenvalue weighted by Crippen LogP contribution is 2.35. The summed E-state index contributed by atoms with van der Waals surface area (Å²) >= 11 is 6.43. The molecule has 1 aromatic carbocycles. The number of piperazine rings is 1. The number of amides is 1. The maximum atomic E-state index is 13.5. The van der Waals surface area contributed by atoms with Crippen LogP contribution in [0.25, 0.3) is 22.5 Å². The van der Waals surface area contributed by atoms with E-state index in [9.17, 15) is 14.4 Å². The molecule has 1 aliphatic heterocycles. The number of halogens is 2. The molecule has 0 N–H and O–H groups in total. The molecule has 1 amide bonds. The third-order valence-corrected chi connectivity index (χ3v) is 5.81. The number of rotatable bonds is 4. The van der Waals surface area contributed by atoms with Crippen molar-refractivity contribution in [2.45, 2.75) is 13.8 Å². The molecule has 0 unspecified atom stereocenters. The van der Waals surface area contributed by atoms with E-state index in [1.807, 2.05) is 23.6 Å². The molecular weight excluding hydrogens is 443 g/mol. The van der Waals surface area contributed by atoms with Crippen molar-refractivity contribution in [2.24, 2.45) is 5.92 Å².